The number of ether oxygens (including phenoxy) is 1. The molecule has 4 heteroatoms. The molecule has 24 heavy (non-hydrogen) atoms. The highest BCUT2D eigenvalue weighted by molar-refractivity contribution is 5.85. The molecule has 1 aromatic rings. The molecule has 0 saturated carbocycles. The predicted octanol–water partition coefficient (Wildman–Crippen LogP) is 4.00. The van der Waals surface area contributed by atoms with E-state index in [4.69, 9.17) is 9.84 Å². The first-order valence-electron chi connectivity index (χ1n) is 7.96. The Bertz CT molecular complexity index is 635. The molecule has 0 amide bonds. The highest BCUT2D eigenvalue weighted by atomic mass is 16.5. The number of aliphatic carboxylic acids is 1. The van der Waals surface area contributed by atoms with Crippen molar-refractivity contribution in [2.45, 2.75) is 33.1 Å². The van der Waals surface area contributed by atoms with E-state index in [2.05, 4.69) is 19.9 Å². The highest BCUT2D eigenvalue weighted by Gasteiger charge is 2.04. The molecule has 0 saturated heterocycles. The van der Waals surface area contributed by atoms with Gasteiger partial charge in [0.15, 0.2) is 0 Å². The number of aliphatic hydroxyl groups is 1. The van der Waals surface area contributed by atoms with Gasteiger partial charge >= 0.3 is 5.97 Å². The second-order valence-corrected chi connectivity index (χ2v) is 5.79. The van der Waals surface area contributed by atoms with Crippen molar-refractivity contribution < 1.29 is 19.7 Å². The van der Waals surface area contributed by atoms with E-state index in [0.29, 0.717) is 6.42 Å². The number of benzene rings is 1. The molecule has 0 aliphatic heterocycles. The van der Waals surface area contributed by atoms with Gasteiger partial charge in [0.2, 0.25) is 0 Å². The van der Waals surface area contributed by atoms with Crippen LogP contribution in [0.3, 0.4) is 0 Å². The Morgan fingerprint density at radius 1 is 1.25 bits per heavy atom. The van der Waals surface area contributed by atoms with Crippen LogP contribution in [0.1, 0.15) is 37.8 Å². The van der Waals surface area contributed by atoms with E-state index in [9.17, 15) is 9.90 Å². The van der Waals surface area contributed by atoms with Crippen molar-refractivity contribution in [2.24, 2.45) is 0 Å². The lowest BCUT2D eigenvalue weighted by Crippen LogP contribution is -1.95. The van der Waals surface area contributed by atoms with E-state index >= 15 is 0 Å². The van der Waals surface area contributed by atoms with E-state index in [1.165, 1.54) is 5.57 Å². The monoisotopic (exact) mass is 330 g/mol. The van der Waals surface area contributed by atoms with Crippen LogP contribution in [-0.2, 0) is 11.2 Å². The van der Waals surface area contributed by atoms with Gasteiger partial charge in [0.05, 0.1) is 13.7 Å². The largest absolute Gasteiger partial charge is 0.496 e. The maximum absolute atomic E-state index is 10.6. The Morgan fingerprint density at radius 3 is 2.58 bits per heavy atom. The fourth-order valence-corrected chi connectivity index (χ4v) is 2.28. The minimum atomic E-state index is -0.978. The molecule has 0 atom stereocenters. The molecule has 130 valence electrons. The molecule has 0 heterocycles. The summed E-state index contributed by atoms with van der Waals surface area (Å²) in [6.45, 7) is 4.16. The molecule has 1 aromatic carbocycles. The molecule has 0 radical (unpaired) electrons. The van der Waals surface area contributed by atoms with Crippen molar-refractivity contribution in [1.29, 1.82) is 0 Å². The second kappa shape index (κ2) is 10.4. The zero-order valence-corrected chi connectivity index (χ0v) is 14.6. The smallest absolute Gasteiger partial charge is 0.328 e. The third-order valence-electron chi connectivity index (χ3n) is 3.55. The van der Waals surface area contributed by atoms with Gasteiger partial charge < -0.3 is 14.9 Å². The lowest BCUT2D eigenvalue weighted by molar-refractivity contribution is -0.131. The van der Waals surface area contributed by atoms with E-state index < -0.39 is 5.97 Å². The molecule has 0 unspecified atom stereocenters. The van der Waals surface area contributed by atoms with Crippen LogP contribution in [0.5, 0.6) is 5.75 Å². The molecule has 0 spiro atoms. The van der Waals surface area contributed by atoms with Crippen molar-refractivity contribution in [3.8, 4) is 5.75 Å². The Morgan fingerprint density at radius 2 is 2.00 bits per heavy atom. The average molecular weight is 330 g/mol. The van der Waals surface area contributed by atoms with Crippen LogP contribution in [0.2, 0.25) is 0 Å². The summed E-state index contributed by atoms with van der Waals surface area (Å²) in [7, 11) is 1.61. The van der Waals surface area contributed by atoms with E-state index in [-0.39, 0.29) is 6.61 Å². The number of carboxylic acid groups (broad SMARTS) is 1. The van der Waals surface area contributed by atoms with Crippen LogP contribution < -0.4 is 4.74 Å². The number of hydrogen-bond donors (Lipinski definition) is 2. The summed E-state index contributed by atoms with van der Waals surface area (Å²) in [5.41, 5.74) is 4.02. The summed E-state index contributed by atoms with van der Waals surface area (Å²) in [6, 6.07) is 5.54. The minimum absolute atomic E-state index is 0.0392. The van der Waals surface area contributed by atoms with Crippen molar-refractivity contribution in [3.05, 3.63) is 58.7 Å². The van der Waals surface area contributed by atoms with Gasteiger partial charge in [-0.05, 0) is 68.0 Å². The molecule has 0 aromatic heterocycles. The van der Waals surface area contributed by atoms with Gasteiger partial charge in [0.1, 0.15) is 5.75 Å². The Balaban J connectivity index is 2.89. The van der Waals surface area contributed by atoms with Crippen LogP contribution in [0.4, 0.5) is 0 Å². The Kier molecular flexibility index (Phi) is 8.58. The molecule has 0 fully saturated rings. The van der Waals surface area contributed by atoms with Crippen molar-refractivity contribution >= 4 is 12.0 Å². The van der Waals surface area contributed by atoms with Gasteiger partial charge in [-0.1, -0.05) is 23.8 Å². The molecular formula is C20H26O4. The normalized spacial score (nSPS) is 11.6. The number of carbonyl (C=O) groups is 1. The number of rotatable bonds is 9. The van der Waals surface area contributed by atoms with Gasteiger partial charge in [-0.15, -0.1) is 0 Å². The van der Waals surface area contributed by atoms with Crippen LogP contribution in [0.25, 0.3) is 6.08 Å². The first-order chi connectivity index (χ1) is 11.5. The SMILES string of the molecule is COc1ccc(/C=C/C(=O)O)cc1C/C=C(/CO)CCC=C(C)C. The average Bonchev–Trinajstić information content (AvgIpc) is 2.55. The van der Waals surface area contributed by atoms with Crippen molar-refractivity contribution in [2.75, 3.05) is 13.7 Å². The maximum Gasteiger partial charge on any atom is 0.328 e. The molecule has 0 aliphatic rings. The Labute approximate surface area is 143 Å². The van der Waals surface area contributed by atoms with Gasteiger partial charge in [0.25, 0.3) is 0 Å². The number of allylic oxidation sites excluding steroid dienone is 3. The summed E-state index contributed by atoms with van der Waals surface area (Å²) >= 11 is 0. The minimum Gasteiger partial charge on any atom is -0.496 e. The topological polar surface area (TPSA) is 66.8 Å². The second-order valence-electron chi connectivity index (χ2n) is 5.79. The molecule has 1 rings (SSSR count). The fourth-order valence-electron chi connectivity index (χ4n) is 2.28. The summed E-state index contributed by atoms with van der Waals surface area (Å²) in [6.07, 6.45) is 9.19. The standard InChI is InChI=1S/C20H26O4/c1-15(2)5-4-6-17(14-21)7-10-18-13-16(9-12-20(22)23)8-11-19(18)24-3/h5,7-9,11-13,21H,4,6,10,14H2,1-3H3,(H,22,23)/b12-9+,17-7+. The molecule has 0 aliphatic carbocycles. The fraction of sp³-hybridized carbons (Fsp3) is 0.350. The number of carboxylic acids is 1. The van der Waals surface area contributed by atoms with Crippen LogP contribution in [-0.4, -0.2) is 29.9 Å². The molecule has 4 nitrogen and oxygen atoms in total. The van der Waals surface area contributed by atoms with Crippen LogP contribution >= 0.6 is 0 Å². The maximum atomic E-state index is 10.6. The molecular weight excluding hydrogens is 304 g/mol. The summed E-state index contributed by atoms with van der Waals surface area (Å²) in [5.74, 6) is -0.227. The summed E-state index contributed by atoms with van der Waals surface area (Å²) in [4.78, 5) is 10.6. The zero-order chi connectivity index (χ0) is 17.9. The van der Waals surface area contributed by atoms with Gasteiger partial charge in [-0.25, -0.2) is 4.79 Å². The molecule has 0 bridgehead atoms. The van der Waals surface area contributed by atoms with E-state index in [1.54, 1.807) is 13.2 Å². The number of hydrogen-bond acceptors (Lipinski definition) is 3. The van der Waals surface area contributed by atoms with Gasteiger partial charge in [0, 0.05) is 6.08 Å². The van der Waals surface area contributed by atoms with Crippen molar-refractivity contribution in [3.63, 3.8) is 0 Å². The third-order valence-corrected chi connectivity index (χ3v) is 3.55. The van der Waals surface area contributed by atoms with Crippen LogP contribution in [0, 0.1) is 0 Å². The summed E-state index contributed by atoms with van der Waals surface area (Å²) in [5, 5.41) is 18.2. The third kappa shape index (κ3) is 7.29. The van der Waals surface area contributed by atoms with Gasteiger partial charge in [-0.2, -0.15) is 0 Å². The van der Waals surface area contributed by atoms with E-state index in [0.717, 1.165) is 41.4 Å². The quantitative estimate of drug-likeness (QED) is 0.530. The Hall–Kier alpha value is -2.33. The number of methoxy groups -OCH3 is 1. The van der Waals surface area contributed by atoms with Gasteiger partial charge in [-0.3, -0.25) is 0 Å². The number of aliphatic hydroxyl groups excluding tert-OH is 1. The molecule has 2 N–H and O–H groups in total. The van der Waals surface area contributed by atoms with Crippen molar-refractivity contribution in [1.82, 2.24) is 0 Å². The first kappa shape index (κ1) is 19.7. The lowest BCUT2D eigenvalue weighted by Gasteiger charge is -2.09. The van der Waals surface area contributed by atoms with E-state index in [1.807, 2.05) is 24.3 Å². The predicted molar refractivity (Wildman–Crippen MR) is 97.2 cm³/mol. The van der Waals surface area contributed by atoms with Crippen LogP contribution in [0.15, 0.2) is 47.6 Å². The lowest BCUT2D eigenvalue weighted by atomic mass is 10.0. The zero-order valence-electron chi connectivity index (χ0n) is 14.6. The first-order valence-corrected chi connectivity index (χ1v) is 7.96. The summed E-state index contributed by atoms with van der Waals surface area (Å²) < 4.78 is 5.36. The highest BCUT2D eigenvalue weighted by Crippen LogP contribution is 2.22.